The molecule has 2 unspecified atom stereocenters. The molecule has 2 aliphatic rings. The largest absolute Gasteiger partial charge is 0.477 e. The second-order valence-corrected chi connectivity index (χ2v) is 7.68. The fraction of sp³-hybridized carbons (Fsp3) is 0.391. The summed E-state index contributed by atoms with van der Waals surface area (Å²) in [7, 11) is 3.48. The van der Waals surface area contributed by atoms with E-state index in [1.807, 2.05) is 47.2 Å². The molecular formula is C23H27N3O3. The van der Waals surface area contributed by atoms with E-state index < -0.39 is 6.10 Å². The highest BCUT2D eigenvalue weighted by atomic mass is 16.5. The number of carbonyl (C=O) groups excluding carboxylic acids is 2. The number of anilines is 1. The van der Waals surface area contributed by atoms with Crippen molar-refractivity contribution in [2.75, 3.05) is 32.1 Å². The van der Waals surface area contributed by atoms with Crippen molar-refractivity contribution in [1.82, 2.24) is 10.2 Å². The molecule has 2 amide bonds. The van der Waals surface area contributed by atoms with E-state index >= 15 is 0 Å². The molecule has 0 saturated heterocycles. The van der Waals surface area contributed by atoms with Crippen LogP contribution in [0.4, 0.5) is 5.69 Å². The zero-order valence-corrected chi connectivity index (χ0v) is 16.9. The third-order valence-corrected chi connectivity index (χ3v) is 5.93. The van der Waals surface area contributed by atoms with Gasteiger partial charge in [-0.1, -0.05) is 36.4 Å². The molecule has 0 fully saturated rings. The van der Waals surface area contributed by atoms with Crippen LogP contribution in [0.2, 0.25) is 0 Å². The molecule has 0 bridgehead atoms. The third kappa shape index (κ3) is 3.79. The van der Waals surface area contributed by atoms with E-state index in [4.69, 9.17) is 4.74 Å². The Balaban J connectivity index is 1.54. The third-order valence-electron chi connectivity index (χ3n) is 5.93. The van der Waals surface area contributed by atoms with E-state index in [1.165, 1.54) is 11.1 Å². The SMILES string of the molecule is CNC(=O)C1CN(CC(=O)N(C)C2CCCc3ccccc32)c2ccccc2O1. The number of para-hydroxylation sites is 2. The Hall–Kier alpha value is -3.02. The molecule has 1 heterocycles. The van der Waals surface area contributed by atoms with E-state index in [0.29, 0.717) is 12.3 Å². The Morgan fingerprint density at radius 1 is 1.17 bits per heavy atom. The van der Waals surface area contributed by atoms with Crippen molar-refractivity contribution in [2.45, 2.75) is 31.4 Å². The second kappa shape index (κ2) is 8.15. The summed E-state index contributed by atoms with van der Waals surface area (Å²) >= 11 is 0. The van der Waals surface area contributed by atoms with Crippen LogP contribution < -0.4 is 15.0 Å². The number of ether oxygens (including phenoxy) is 1. The Kier molecular flexibility index (Phi) is 5.43. The molecule has 2 aromatic rings. The zero-order chi connectivity index (χ0) is 20.4. The number of nitrogens with zero attached hydrogens (tertiary/aromatic N) is 2. The zero-order valence-electron chi connectivity index (χ0n) is 16.9. The summed E-state index contributed by atoms with van der Waals surface area (Å²) in [6.07, 6.45) is 2.49. The van der Waals surface area contributed by atoms with Crippen molar-refractivity contribution in [2.24, 2.45) is 0 Å². The molecule has 1 aliphatic carbocycles. The van der Waals surface area contributed by atoms with Crippen LogP contribution in [0.1, 0.15) is 30.0 Å². The summed E-state index contributed by atoms with van der Waals surface area (Å²) in [5.41, 5.74) is 3.43. The monoisotopic (exact) mass is 393 g/mol. The van der Waals surface area contributed by atoms with Gasteiger partial charge in [-0.05, 0) is 42.5 Å². The number of benzene rings is 2. The number of carbonyl (C=O) groups is 2. The van der Waals surface area contributed by atoms with E-state index in [2.05, 4.69) is 23.5 Å². The topological polar surface area (TPSA) is 61.9 Å². The highest BCUT2D eigenvalue weighted by molar-refractivity contribution is 5.86. The number of nitrogens with one attached hydrogen (secondary N) is 1. The average molecular weight is 393 g/mol. The molecule has 1 N–H and O–H groups in total. The summed E-state index contributed by atoms with van der Waals surface area (Å²) < 4.78 is 5.84. The molecule has 0 aromatic heterocycles. The fourth-order valence-electron chi connectivity index (χ4n) is 4.33. The molecule has 1 aliphatic heterocycles. The molecule has 4 rings (SSSR count). The number of rotatable bonds is 4. The van der Waals surface area contributed by atoms with Crippen molar-refractivity contribution < 1.29 is 14.3 Å². The normalized spacial score (nSPS) is 20.1. The van der Waals surface area contributed by atoms with Crippen LogP contribution in [-0.2, 0) is 16.0 Å². The van der Waals surface area contributed by atoms with Crippen LogP contribution in [0, 0.1) is 0 Å². The number of likely N-dealkylation sites (N-methyl/N-ethyl adjacent to an activating group) is 2. The molecule has 29 heavy (non-hydrogen) atoms. The minimum atomic E-state index is -0.636. The van der Waals surface area contributed by atoms with Crippen molar-refractivity contribution in [1.29, 1.82) is 0 Å². The van der Waals surface area contributed by atoms with Gasteiger partial charge in [-0.2, -0.15) is 0 Å². The van der Waals surface area contributed by atoms with Gasteiger partial charge in [-0.3, -0.25) is 9.59 Å². The van der Waals surface area contributed by atoms with E-state index in [9.17, 15) is 9.59 Å². The van der Waals surface area contributed by atoms with Gasteiger partial charge in [0.25, 0.3) is 5.91 Å². The van der Waals surface area contributed by atoms with Crippen LogP contribution >= 0.6 is 0 Å². The van der Waals surface area contributed by atoms with E-state index in [-0.39, 0.29) is 24.4 Å². The van der Waals surface area contributed by atoms with E-state index in [1.54, 1.807) is 7.05 Å². The lowest BCUT2D eigenvalue weighted by Crippen LogP contribution is -2.51. The van der Waals surface area contributed by atoms with Gasteiger partial charge >= 0.3 is 0 Å². The summed E-state index contributed by atoms with van der Waals surface area (Å²) in [5.74, 6) is 0.483. The number of hydrogen-bond acceptors (Lipinski definition) is 4. The smallest absolute Gasteiger partial charge is 0.262 e. The standard InChI is InChI=1S/C23H27N3O3/c1-24-23(28)21-14-26(19-11-5-6-13-20(19)29-21)15-22(27)25(2)18-12-7-9-16-8-3-4-10-17(16)18/h3-6,8,10-11,13,18,21H,7,9,12,14-15H2,1-2H3,(H,24,28). The van der Waals surface area contributed by atoms with Crippen LogP contribution in [0.25, 0.3) is 0 Å². The highest BCUT2D eigenvalue weighted by Gasteiger charge is 2.33. The molecule has 2 aromatic carbocycles. The predicted octanol–water partition coefficient (Wildman–Crippen LogP) is 2.54. The van der Waals surface area contributed by atoms with Crippen molar-refractivity contribution in [3.05, 3.63) is 59.7 Å². The van der Waals surface area contributed by atoms with Gasteiger partial charge < -0.3 is 19.9 Å². The first-order chi connectivity index (χ1) is 14.1. The number of aryl methyl sites for hydroxylation is 1. The average Bonchev–Trinajstić information content (AvgIpc) is 2.77. The molecule has 2 atom stereocenters. The Morgan fingerprint density at radius 3 is 2.76 bits per heavy atom. The number of amides is 2. The van der Waals surface area contributed by atoms with Gasteiger partial charge in [0, 0.05) is 14.1 Å². The highest BCUT2D eigenvalue weighted by Crippen LogP contribution is 2.35. The summed E-state index contributed by atoms with van der Waals surface area (Å²) in [5, 5.41) is 2.64. The van der Waals surface area contributed by atoms with Crippen molar-refractivity contribution in [3.63, 3.8) is 0 Å². The van der Waals surface area contributed by atoms with Gasteiger partial charge in [-0.15, -0.1) is 0 Å². The van der Waals surface area contributed by atoms with Crippen LogP contribution in [-0.4, -0.2) is 50.0 Å². The van der Waals surface area contributed by atoms with Crippen molar-refractivity contribution in [3.8, 4) is 5.75 Å². The molecule has 0 radical (unpaired) electrons. The first-order valence-corrected chi connectivity index (χ1v) is 10.1. The summed E-state index contributed by atoms with van der Waals surface area (Å²) in [4.78, 5) is 29.2. The lowest BCUT2D eigenvalue weighted by Gasteiger charge is -2.38. The second-order valence-electron chi connectivity index (χ2n) is 7.68. The maximum Gasteiger partial charge on any atom is 0.262 e. The molecule has 6 nitrogen and oxygen atoms in total. The van der Waals surface area contributed by atoms with Crippen LogP contribution in [0.5, 0.6) is 5.75 Å². The molecule has 0 saturated carbocycles. The van der Waals surface area contributed by atoms with Crippen LogP contribution in [0.3, 0.4) is 0 Å². The molecule has 0 spiro atoms. The lowest BCUT2D eigenvalue weighted by molar-refractivity contribution is -0.132. The minimum Gasteiger partial charge on any atom is -0.477 e. The quantitative estimate of drug-likeness (QED) is 0.867. The van der Waals surface area contributed by atoms with Gasteiger partial charge in [0.2, 0.25) is 5.91 Å². The summed E-state index contributed by atoms with van der Waals surface area (Å²) in [6, 6.07) is 16.0. The Bertz CT molecular complexity index is 914. The fourth-order valence-corrected chi connectivity index (χ4v) is 4.33. The first-order valence-electron chi connectivity index (χ1n) is 10.1. The summed E-state index contributed by atoms with van der Waals surface area (Å²) in [6.45, 7) is 0.556. The Morgan fingerprint density at radius 2 is 1.93 bits per heavy atom. The molecular weight excluding hydrogens is 366 g/mol. The molecule has 152 valence electrons. The predicted molar refractivity (Wildman–Crippen MR) is 112 cm³/mol. The van der Waals surface area contributed by atoms with Gasteiger partial charge in [0.1, 0.15) is 5.75 Å². The first kappa shape index (κ1) is 19.3. The number of hydrogen-bond donors (Lipinski definition) is 1. The number of fused-ring (bicyclic) bond motifs is 2. The molecule has 6 heteroatoms. The lowest BCUT2D eigenvalue weighted by atomic mass is 9.87. The minimum absolute atomic E-state index is 0.0408. The Labute approximate surface area is 171 Å². The van der Waals surface area contributed by atoms with E-state index in [0.717, 1.165) is 24.9 Å². The van der Waals surface area contributed by atoms with Gasteiger partial charge in [0.15, 0.2) is 6.10 Å². The maximum atomic E-state index is 13.2. The maximum absolute atomic E-state index is 13.2. The van der Waals surface area contributed by atoms with Crippen LogP contribution in [0.15, 0.2) is 48.5 Å². The van der Waals surface area contributed by atoms with Gasteiger partial charge in [0.05, 0.1) is 24.8 Å². The van der Waals surface area contributed by atoms with Crippen molar-refractivity contribution >= 4 is 17.5 Å². The van der Waals surface area contributed by atoms with Gasteiger partial charge in [-0.25, -0.2) is 0 Å².